The van der Waals surface area contributed by atoms with Gasteiger partial charge in [-0.05, 0) is 70.7 Å². The molecule has 2 aromatic carbocycles. The lowest BCUT2D eigenvalue weighted by Gasteiger charge is -2.14. The van der Waals surface area contributed by atoms with Gasteiger partial charge in [-0.2, -0.15) is 0 Å². The van der Waals surface area contributed by atoms with Crippen LogP contribution in [0.5, 0.6) is 11.5 Å². The SMILES string of the molecule is Cc1cc(Cl)cc(C)c1Oc1ccc(CO)cc1Br. The highest BCUT2D eigenvalue weighted by atomic mass is 79.9. The molecule has 0 amide bonds. The molecule has 2 aromatic rings. The molecule has 0 spiro atoms. The topological polar surface area (TPSA) is 29.5 Å². The molecule has 0 saturated carbocycles. The summed E-state index contributed by atoms with van der Waals surface area (Å²) < 4.78 is 6.75. The second kappa shape index (κ2) is 5.95. The molecule has 1 N–H and O–H groups in total. The fourth-order valence-electron chi connectivity index (χ4n) is 1.89. The second-order valence-electron chi connectivity index (χ2n) is 4.39. The Morgan fingerprint density at radius 1 is 1.16 bits per heavy atom. The number of rotatable bonds is 3. The van der Waals surface area contributed by atoms with Crippen molar-refractivity contribution < 1.29 is 9.84 Å². The first-order chi connectivity index (χ1) is 9.01. The molecular weight excluding hydrogens is 328 g/mol. The van der Waals surface area contributed by atoms with Crippen molar-refractivity contribution in [2.24, 2.45) is 0 Å². The maximum atomic E-state index is 9.09. The van der Waals surface area contributed by atoms with Crippen molar-refractivity contribution >= 4 is 27.5 Å². The number of aliphatic hydroxyl groups excluding tert-OH is 1. The fourth-order valence-corrected chi connectivity index (χ4v) is 2.73. The van der Waals surface area contributed by atoms with E-state index in [-0.39, 0.29) is 6.61 Å². The number of hydrogen-bond donors (Lipinski definition) is 1. The van der Waals surface area contributed by atoms with Gasteiger partial charge < -0.3 is 9.84 Å². The zero-order valence-corrected chi connectivity index (χ0v) is 13.0. The molecule has 0 bridgehead atoms. The number of halogens is 2. The maximum Gasteiger partial charge on any atom is 0.141 e. The van der Waals surface area contributed by atoms with E-state index in [0.717, 1.165) is 26.9 Å². The van der Waals surface area contributed by atoms with Crippen molar-refractivity contribution in [1.82, 2.24) is 0 Å². The van der Waals surface area contributed by atoms with Gasteiger partial charge >= 0.3 is 0 Å². The fraction of sp³-hybridized carbons (Fsp3) is 0.200. The van der Waals surface area contributed by atoms with Crippen LogP contribution in [0.4, 0.5) is 0 Å². The van der Waals surface area contributed by atoms with E-state index in [1.54, 1.807) is 0 Å². The minimum Gasteiger partial charge on any atom is -0.456 e. The highest BCUT2D eigenvalue weighted by molar-refractivity contribution is 9.10. The zero-order chi connectivity index (χ0) is 14.0. The van der Waals surface area contributed by atoms with Gasteiger partial charge in [0.1, 0.15) is 11.5 Å². The summed E-state index contributed by atoms with van der Waals surface area (Å²) in [6.07, 6.45) is 0. The molecule has 2 nitrogen and oxygen atoms in total. The standard InChI is InChI=1S/C15H14BrClO2/c1-9-5-12(17)6-10(2)15(9)19-14-4-3-11(8-18)7-13(14)16/h3-7,18H,8H2,1-2H3. The first-order valence-electron chi connectivity index (χ1n) is 5.85. The van der Waals surface area contributed by atoms with Crippen LogP contribution in [0.2, 0.25) is 5.02 Å². The predicted molar refractivity (Wildman–Crippen MR) is 81.1 cm³/mol. The average Bonchev–Trinajstić information content (AvgIpc) is 2.35. The summed E-state index contributed by atoms with van der Waals surface area (Å²) in [5.74, 6) is 1.52. The molecule has 100 valence electrons. The first-order valence-corrected chi connectivity index (χ1v) is 7.02. The van der Waals surface area contributed by atoms with Gasteiger partial charge in [-0.1, -0.05) is 17.7 Å². The molecule has 0 radical (unpaired) electrons. The van der Waals surface area contributed by atoms with Crippen LogP contribution in [-0.2, 0) is 6.61 Å². The predicted octanol–water partition coefficient (Wildman–Crippen LogP) is 5.00. The van der Waals surface area contributed by atoms with Crippen molar-refractivity contribution in [3.05, 3.63) is 56.5 Å². The Labute approximate surface area is 126 Å². The van der Waals surface area contributed by atoms with Crippen molar-refractivity contribution in [2.45, 2.75) is 20.5 Å². The van der Waals surface area contributed by atoms with Crippen LogP contribution in [0, 0.1) is 13.8 Å². The molecule has 0 fully saturated rings. The van der Waals surface area contributed by atoms with Crippen LogP contribution in [-0.4, -0.2) is 5.11 Å². The number of benzene rings is 2. The average molecular weight is 342 g/mol. The molecule has 0 aliphatic heterocycles. The highest BCUT2D eigenvalue weighted by Crippen LogP contribution is 2.35. The van der Waals surface area contributed by atoms with Gasteiger partial charge in [0.15, 0.2) is 0 Å². The van der Waals surface area contributed by atoms with Gasteiger partial charge in [0, 0.05) is 5.02 Å². The quantitative estimate of drug-likeness (QED) is 0.851. The second-order valence-corrected chi connectivity index (χ2v) is 5.68. The minimum absolute atomic E-state index is 0.0118. The summed E-state index contributed by atoms with van der Waals surface area (Å²) in [5, 5.41) is 9.79. The molecule has 0 aromatic heterocycles. The van der Waals surface area contributed by atoms with Crippen LogP contribution in [0.3, 0.4) is 0 Å². The molecular formula is C15H14BrClO2. The summed E-state index contributed by atoms with van der Waals surface area (Å²) in [4.78, 5) is 0. The Morgan fingerprint density at radius 3 is 2.32 bits per heavy atom. The smallest absolute Gasteiger partial charge is 0.141 e. The van der Waals surface area contributed by atoms with E-state index in [4.69, 9.17) is 21.4 Å². The molecule has 0 heterocycles. The molecule has 0 atom stereocenters. The number of hydrogen-bond acceptors (Lipinski definition) is 2. The van der Waals surface area contributed by atoms with Gasteiger partial charge in [-0.3, -0.25) is 0 Å². The molecule has 4 heteroatoms. The van der Waals surface area contributed by atoms with Crippen molar-refractivity contribution in [3.8, 4) is 11.5 Å². The van der Waals surface area contributed by atoms with Gasteiger partial charge in [-0.25, -0.2) is 0 Å². The van der Waals surface area contributed by atoms with E-state index >= 15 is 0 Å². The van der Waals surface area contributed by atoms with Crippen LogP contribution in [0.25, 0.3) is 0 Å². The summed E-state index contributed by atoms with van der Waals surface area (Å²) in [6.45, 7) is 3.94. The molecule has 0 aliphatic rings. The Morgan fingerprint density at radius 2 is 1.79 bits per heavy atom. The van der Waals surface area contributed by atoms with E-state index in [2.05, 4.69) is 15.9 Å². The van der Waals surface area contributed by atoms with Gasteiger partial charge in [0.05, 0.1) is 11.1 Å². The Hall–Kier alpha value is -1.03. The van der Waals surface area contributed by atoms with Crippen molar-refractivity contribution in [1.29, 1.82) is 0 Å². The molecule has 0 unspecified atom stereocenters. The van der Waals surface area contributed by atoms with E-state index < -0.39 is 0 Å². The summed E-state index contributed by atoms with van der Waals surface area (Å²) in [7, 11) is 0. The summed E-state index contributed by atoms with van der Waals surface area (Å²) in [5.41, 5.74) is 2.81. The third kappa shape index (κ3) is 3.30. The lowest BCUT2D eigenvalue weighted by atomic mass is 10.1. The van der Waals surface area contributed by atoms with Crippen molar-refractivity contribution in [3.63, 3.8) is 0 Å². The van der Waals surface area contributed by atoms with Crippen LogP contribution >= 0.6 is 27.5 Å². The lowest BCUT2D eigenvalue weighted by molar-refractivity contribution is 0.281. The van der Waals surface area contributed by atoms with Gasteiger partial charge in [0.2, 0.25) is 0 Å². The van der Waals surface area contributed by atoms with Gasteiger partial charge in [-0.15, -0.1) is 0 Å². The van der Waals surface area contributed by atoms with Crippen LogP contribution < -0.4 is 4.74 Å². The molecule has 2 rings (SSSR count). The number of ether oxygens (including phenoxy) is 1. The summed E-state index contributed by atoms with van der Waals surface area (Å²) >= 11 is 9.45. The third-order valence-corrected chi connectivity index (χ3v) is 3.65. The van der Waals surface area contributed by atoms with E-state index in [9.17, 15) is 0 Å². The van der Waals surface area contributed by atoms with Crippen molar-refractivity contribution in [2.75, 3.05) is 0 Å². The number of aryl methyl sites for hydroxylation is 2. The van der Waals surface area contributed by atoms with E-state index in [1.165, 1.54) is 0 Å². The normalized spacial score (nSPS) is 10.6. The van der Waals surface area contributed by atoms with Gasteiger partial charge in [0.25, 0.3) is 0 Å². The monoisotopic (exact) mass is 340 g/mol. The highest BCUT2D eigenvalue weighted by Gasteiger charge is 2.09. The Balaban J connectivity index is 2.36. The van der Waals surface area contributed by atoms with E-state index in [1.807, 2.05) is 44.2 Å². The molecule has 19 heavy (non-hydrogen) atoms. The summed E-state index contributed by atoms with van der Waals surface area (Å²) in [6, 6.07) is 9.26. The molecule has 0 saturated heterocycles. The van der Waals surface area contributed by atoms with Crippen LogP contribution in [0.15, 0.2) is 34.8 Å². The Kier molecular flexibility index (Phi) is 4.50. The first kappa shape index (κ1) is 14.4. The molecule has 0 aliphatic carbocycles. The maximum absolute atomic E-state index is 9.09. The third-order valence-electron chi connectivity index (χ3n) is 2.82. The van der Waals surface area contributed by atoms with Crippen LogP contribution in [0.1, 0.15) is 16.7 Å². The zero-order valence-electron chi connectivity index (χ0n) is 10.7. The lowest BCUT2D eigenvalue weighted by Crippen LogP contribution is -1.93. The minimum atomic E-state index is 0.0118. The number of aliphatic hydroxyl groups is 1. The Bertz CT molecular complexity index is 588. The van der Waals surface area contributed by atoms with E-state index in [0.29, 0.717) is 10.8 Å². The largest absolute Gasteiger partial charge is 0.456 e.